The van der Waals surface area contributed by atoms with Crippen LogP contribution in [0.3, 0.4) is 0 Å². The molecule has 5 heteroatoms. The minimum absolute atomic E-state index is 0.375. The van der Waals surface area contributed by atoms with Gasteiger partial charge in [-0.2, -0.15) is 0 Å². The molecular formula is C35H25N5. The van der Waals surface area contributed by atoms with E-state index >= 15 is 0 Å². The van der Waals surface area contributed by atoms with E-state index in [0.29, 0.717) is 18.1 Å². The highest BCUT2D eigenvalue weighted by Crippen LogP contribution is 2.50. The first-order valence-electron chi connectivity index (χ1n) is 13.5. The molecule has 0 amide bonds. The maximum absolute atomic E-state index is 9.80. The smallest absolute Gasteiger partial charge is 0.140 e. The first-order valence-corrected chi connectivity index (χ1v) is 13.5. The Morgan fingerprint density at radius 2 is 1.32 bits per heavy atom. The van der Waals surface area contributed by atoms with Gasteiger partial charge < -0.3 is 4.90 Å². The number of aliphatic imine (C=N–C) groups is 1. The van der Waals surface area contributed by atoms with E-state index in [1.165, 1.54) is 0 Å². The van der Waals surface area contributed by atoms with Gasteiger partial charge in [0.25, 0.3) is 0 Å². The Bertz CT molecular complexity index is 1940. The average Bonchev–Trinajstić information content (AvgIpc) is 3.46. The molecule has 3 heterocycles. The summed E-state index contributed by atoms with van der Waals surface area (Å²) in [7, 11) is 0. The summed E-state index contributed by atoms with van der Waals surface area (Å²) in [6.07, 6.45) is 2.62. The topological polar surface area (TPSA) is 66.5 Å². The maximum atomic E-state index is 9.80. The zero-order chi connectivity index (χ0) is 26.8. The number of rotatable bonds is 2. The van der Waals surface area contributed by atoms with Crippen LogP contribution in [0.2, 0.25) is 0 Å². The number of allylic oxidation sites excluding steroid dienone is 2. The van der Waals surface area contributed by atoms with Crippen LogP contribution in [0.25, 0.3) is 27.1 Å². The number of para-hydroxylation sites is 2. The number of fused-ring (bicyclic) bond motifs is 3. The molecule has 0 fully saturated rings. The van der Waals surface area contributed by atoms with Crippen molar-refractivity contribution in [1.29, 1.82) is 10.8 Å². The van der Waals surface area contributed by atoms with Crippen molar-refractivity contribution >= 4 is 61.9 Å². The van der Waals surface area contributed by atoms with Crippen molar-refractivity contribution in [3.63, 3.8) is 0 Å². The minimum Gasteiger partial charge on any atom is -0.306 e. The van der Waals surface area contributed by atoms with Crippen LogP contribution in [0.4, 0.5) is 17.1 Å². The molecule has 0 aliphatic carbocycles. The SMILES string of the molecule is N=C1C2=C(C=NCC2)N(c2ccccc2)/C1=C1/C(=N)N(c2c3ccccc3cc3ccccc23)c2ccccc21. The van der Waals surface area contributed by atoms with Crippen molar-refractivity contribution in [3.05, 3.63) is 132 Å². The number of benzene rings is 5. The van der Waals surface area contributed by atoms with Crippen LogP contribution in [-0.2, 0) is 0 Å². The molecule has 190 valence electrons. The highest BCUT2D eigenvalue weighted by molar-refractivity contribution is 6.44. The lowest BCUT2D eigenvalue weighted by atomic mass is 9.99. The molecule has 0 unspecified atom stereocenters. The van der Waals surface area contributed by atoms with Gasteiger partial charge in [-0.05, 0) is 41.5 Å². The molecule has 40 heavy (non-hydrogen) atoms. The normalized spacial score (nSPS) is 18.3. The van der Waals surface area contributed by atoms with E-state index in [-0.39, 0.29) is 0 Å². The Balaban J connectivity index is 1.44. The Hall–Kier alpha value is -5.29. The summed E-state index contributed by atoms with van der Waals surface area (Å²) in [5.74, 6) is 0.375. The third kappa shape index (κ3) is 3.12. The predicted molar refractivity (Wildman–Crippen MR) is 166 cm³/mol. The first-order chi connectivity index (χ1) is 19.7. The number of nitrogens with zero attached hydrogens (tertiary/aromatic N) is 3. The predicted octanol–water partition coefficient (Wildman–Crippen LogP) is 8.10. The molecule has 0 radical (unpaired) electrons. The van der Waals surface area contributed by atoms with Crippen LogP contribution in [0.1, 0.15) is 12.0 Å². The van der Waals surface area contributed by atoms with E-state index in [1.54, 1.807) is 0 Å². The van der Waals surface area contributed by atoms with Crippen LogP contribution in [-0.4, -0.2) is 24.3 Å². The van der Waals surface area contributed by atoms with Crippen LogP contribution in [0.5, 0.6) is 0 Å². The number of hydrogen-bond donors (Lipinski definition) is 2. The average molecular weight is 516 g/mol. The Morgan fingerprint density at radius 3 is 2.08 bits per heavy atom. The zero-order valence-electron chi connectivity index (χ0n) is 21.7. The van der Waals surface area contributed by atoms with E-state index in [4.69, 9.17) is 0 Å². The van der Waals surface area contributed by atoms with Crippen molar-refractivity contribution in [3.8, 4) is 0 Å². The fourth-order valence-corrected chi connectivity index (χ4v) is 6.38. The summed E-state index contributed by atoms with van der Waals surface area (Å²) >= 11 is 0. The van der Waals surface area contributed by atoms with Crippen LogP contribution < -0.4 is 9.80 Å². The van der Waals surface area contributed by atoms with Crippen molar-refractivity contribution in [2.24, 2.45) is 4.99 Å². The number of anilines is 3. The van der Waals surface area contributed by atoms with Gasteiger partial charge in [0.05, 0.1) is 34.1 Å². The molecule has 5 aromatic carbocycles. The van der Waals surface area contributed by atoms with Gasteiger partial charge in [-0.1, -0.05) is 84.9 Å². The molecule has 0 saturated carbocycles. The lowest BCUT2D eigenvalue weighted by Gasteiger charge is -2.26. The fraction of sp³-hybridized carbons (Fsp3) is 0.0571. The van der Waals surface area contributed by atoms with Gasteiger partial charge in [0.2, 0.25) is 0 Å². The van der Waals surface area contributed by atoms with Gasteiger partial charge in [-0.3, -0.25) is 20.7 Å². The summed E-state index contributed by atoms with van der Waals surface area (Å²) in [5.41, 5.74) is 7.79. The third-order valence-corrected chi connectivity index (χ3v) is 8.11. The van der Waals surface area contributed by atoms with Crippen LogP contribution in [0, 0.1) is 10.8 Å². The van der Waals surface area contributed by atoms with E-state index in [0.717, 1.165) is 73.1 Å². The van der Waals surface area contributed by atoms with E-state index in [2.05, 4.69) is 93.7 Å². The van der Waals surface area contributed by atoms with Gasteiger partial charge in [0.15, 0.2) is 0 Å². The molecular weight excluding hydrogens is 490 g/mol. The molecule has 0 aromatic heterocycles. The van der Waals surface area contributed by atoms with E-state index in [1.807, 2.05) is 36.5 Å². The van der Waals surface area contributed by atoms with Gasteiger partial charge in [0, 0.05) is 40.4 Å². The number of hydrogen-bond acceptors (Lipinski definition) is 4. The Labute approximate surface area is 232 Å². The summed E-state index contributed by atoms with van der Waals surface area (Å²) in [4.78, 5) is 8.80. The Kier molecular flexibility index (Phi) is 4.88. The lowest BCUT2D eigenvalue weighted by molar-refractivity contribution is 0.962. The maximum Gasteiger partial charge on any atom is 0.140 e. The van der Waals surface area contributed by atoms with Crippen molar-refractivity contribution < 1.29 is 0 Å². The largest absolute Gasteiger partial charge is 0.306 e. The van der Waals surface area contributed by atoms with Crippen LogP contribution in [0.15, 0.2) is 131 Å². The molecule has 3 aliphatic heterocycles. The van der Waals surface area contributed by atoms with Crippen molar-refractivity contribution in [2.75, 3.05) is 16.3 Å². The second kappa shape index (κ2) is 8.61. The summed E-state index contributed by atoms with van der Waals surface area (Å²) < 4.78 is 0. The fourth-order valence-electron chi connectivity index (χ4n) is 6.38. The van der Waals surface area contributed by atoms with Crippen LogP contribution >= 0.6 is 0 Å². The molecule has 8 rings (SSSR count). The quantitative estimate of drug-likeness (QED) is 0.233. The monoisotopic (exact) mass is 515 g/mol. The Morgan fingerprint density at radius 1 is 0.675 bits per heavy atom. The van der Waals surface area contributed by atoms with Gasteiger partial charge in [-0.15, -0.1) is 0 Å². The number of amidine groups is 1. The molecule has 2 N–H and O–H groups in total. The number of nitrogens with one attached hydrogen (secondary N) is 2. The third-order valence-electron chi connectivity index (χ3n) is 8.11. The summed E-state index contributed by atoms with van der Waals surface area (Å²) in [5, 5.41) is 23.7. The van der Waals surface area contributed by atoms with Gasteiger partial charge in [0.1, 0.15) is 5.84 Å². The van der Waals surface area contributed by atoms with E-state index < -0.39 is 0 Å². The molecule has 3 aliphatic rings. The highest BCUT2D eigenvalue weighted by atomic mass is 15.2. The van der Waals surface area contributed by atoms with E-state index in [9.17, 15) is 10.8 Å². The lowest BCUT2D eigenvalue weighted by Crippen LogP contribution is -2.26. The van der Waals surface area contributed by atoms with Gasteiger partial charge >= 0.3 is 0 Å². The molecule has 5 nitrogen and oxygen atoms in total. The molecule has 0 spiro atoms. The van der Waals surface area contributed by atoms with Crippen molar-refractivity contribution in [2.45, 2.75) is 6.42 Å². The second-order valence-electron chi connectivity index (χ2n) is 10.3. The summed E-state index contributed by atoms with van der Waals surface area (Å²) in [6, 6.07) is 37.4. The standard InChI is InChI=1S/C35H25N5/c36-32-28-18-19-38-21-30(28)39(24-12-2-1-3-13-24)34(32)31-27-16-8-9-17-29(27)40(35(31)37)33-25-14-6-4-10-22(25)20-23-11-5-7-15-26(23)33/h1-17,20-21,36-37H,18-19H2/b34-31+,36-32?,37-35?. The minimum atomic E-state index is 0.375. The number of dihydropyridines is 1. The first kappa shape index (κ1) is 22.7. The second-order valence-corrected chi connectivity index (χ2v) is 10.3. The zero-order valence-corrected chi connectivity index (χ0v) is 21.7. The van der Waals surface area contributed by atoms with Gasteiger partial charge in [-0.25, -0.2) is 0 Å². The molecule has 0 saturated heterocycles. The highest BCUT2D eigenvalue weighted by Gasteiger charge is 2.41. The molecule has 0 atom stereocenters. The molecule has 5 aromatic rings. The molecule has 0 bridgehead atoms. The van der Waals surface area contributed by atoms with Crippen molar-refractivity contribution in [1.82, 2.24) is 0 Å². The summed E-state index contributed by atoms with van der Waals surface area (Å²) in [6.45, 7) is 0.675.